The number of hydrogen-bond donors (Lipinski definition) is 0. The topological polar surface area (TPSA) is 11.4 Å². The van der Waals surface area contributed by atoms with Gasteiger partial charge in [-0.3, -0.25) is 0 Å². The van der Waals surface area contributed by atoms with Crippen LogP contribution in [0.5, 0.6) is 0 Å². The third-order valence-electron chi connectivity index (χ3n) is 16.3. The molecule has 72 heavy (non-hydrogen) atoms. The monoisotopic (exact) mass is 925 g/mol. The van der Waals surface area contributed by atoms with Crippen LogP contribution in [0.2, 0.25) is 0 Å². The van der Waals surface area contributed by atoms with E-state index in [4.69, 9.17) is 0 Å². The molecule has 2 aliphatic rings. The Morgan fingerprint density at radius 1 is 0.417 bits per heavy atom. The summed E-state index contributed by atoms with van der Waals surface area (Å²) in [6.45, 7) is 18.7. The Hall–Kier alpha value is -8.08. The first-order valence-corrected chi connectivity index (χ1v) is 25.7. The molecule has 4 heteroatoms. The number of benzene rings is 11. The Morgan fingerprint density at radius 3 is 1.57 bits per heavy atom. The summed E-state index contributed by atoms with van der Waals surface area (Å²) in [5.74, 6) is 0. The van der Waals surface area contributed by atoms with Gasteiger partial charge in [0.2, 0.25) is 0 Å². The van der Waals surface area contributed by atoms with Crippen LogP contribution >= 0.6 is 0 Å². The highest BCUT2D eigenvalue weighted by Gasteiger charge is 2.44. The maximum Gasteiger partial charge on any atom is 0.333 e. The SMILES string of the molecule is Cc1c2ccccc2c(C)c2cc3c(cc12)B1c2c(cc(N(c4ccccc4)c4ccccc4)cc2N3c2cc(C(C)(C)C)cc(C(C)(C)C)c2)-c2cc3ccccc3c3c4c5ccccc5ccc4n1c23. The molecule has 0 saturated carbocycles. The third kappa shape index (κ3) is 6.11. The number of para-hydroxylation sites is 2. The fraction of sp³-hybridized carbons (Fsp3) is 0.147. The first-order chi connectivity index (χ1) is 34.8. The summed E-state index contributed by atoms with van der Waals surface area (Å²) >= 11 is 0. The first-order valence-electron chi connectivity index (χ1n) is 25.7. The molecule has 3 heterocycles. The van der Waals surface area contributed by atoms with Crippen molar-refractivity contribution in [2.45, 2.75) is 66.2 Å². The number of anilines is 6. The van der Waals surface area contributed by atoms with Gasteiger partial charge in [-0.25, -0.2) is 0 Å². The van der Waals surface area contributed by atoms with Crippen LogP contribution in [0.15, 0.2) is 194 Å². The van der Waals surface area contributed by atoms with Crippen LogP contribution in [0.4, 0.5) is 34.1 Å². The minimum Gasteiger partial charge on any atom is -0.375 e. The van der Waals surface area contributed by atoms with Crippen molar-refractivity contribution < 1.29 is 0 Å². The zero-order chi connectivity index (χ0) is 48.9. The molecule has 0 saturated heterocycles. The van der Waals surface area contributed by atoms with Crippen LogP contribution in [0.25, 0.3) is 76.0 Å². The Morgan fingerprint density at radius 2 is 0.958 bits per heavy atom. The van der Waals surface area contributed by atoms with E-state index in [1.165, 1.54) is 126 Å². The Bertz CT molecular complexity index is 4190. The van der Waals surface area contributed by atoms with E-state index >= 15 is 0 Å². The van der Waals surface area contributed by atoms with Gasteiger partial charge in [0, 0.05) is 61.5 Å². The number of nitrogens with zero attached hydrogens (tertiary/aromatic N) is 3. The molecule has 0 atom stereocenters. The predicted octanol–water partition coefficient (Wildman–Crippen LogP) is 17.5. The van der Waals surface area contributed by atoms with Gasteiger partial charge in [-0.15, -0.1) is 0 Å². The van der Waals surface area contributed by atoms with Crippen LogP contribution in [-0.4, -0.2) is 11.3 Å². The molecule has 0 fully saturated rings. The van der Waals surface area contributed by atoms with E-state index in [1.54, 1.807) is 0 Å². The van der Waals surface area contributed by atoms with Crippen LogP contribution in [0.3, 0.4) is 0 Å². The number of aromatic nitrogens is 1. The Labute approximate surface area is 422 Å². The number of rotatable bonds is 4. The number of hydrogen-bond acceptors (Lipinski definition) is 2. The number of fused-ring (bicyclic) bond motifs is 13. The molecule has 0 bridgehead atoms. The van der Waals surface area contributed by atoms with Crippen molar-refractivity contribution in [2.75, 3.05) is 9.80 Å². The summed E-state index contributed by atoms with van der Waals surface area (Å²) in [5, 5.41) is 13.0. The molecule has 0 N–H and O–H groups in total. The van der Waals surface area contributed by atoms with E-state index in [2.05, 4.69) is 264 Å². The minimum absolute atomic E-state index is 0.0930. The molecule has 346 valence electrons. The van der Waals surface area contributed by atoms with E-state index in [9.17, 15) is 0 Å². The zero-order valence-electron chi connectivity index (χ0n) is 42.4. The van der Waals surface area contributed by atoms with Gasteiger partial charge in [-0.1, -0.05) is 169 Å². The van der Waals surface area contributed by atoms with Crippen molar-refractivity contribution in [1.82, 2.24) is 4.48 Å². The molecule has 2 aliphatic heterocycles. The van der Waals surface area contributed by atoms with Gasteiger partial charge < -0.3 is 14.3 Å². The fourth-order valence-electron chi connectivity index (χ4n) is 12.7. The largest absolute Gasteiger partial charge is 0.375 e. The van der Waals surface area contributed by atoms with Gasteiger partial charge in [0.15, 0.2) is 0 Å². The number of aryl methyl sites for hydroxylation is 2. The van der Waals surface area contributed by atoms with Gasteiger partial charge in [-0.05, 0) is 173 Å². The minimum atomic E-state index is -0.143. The second-order valence-corrected chi connectivity index (χ2v) is 22.6. The van der Waals surface area contributed by atoms with Crippen LogP contribution in [-0.2, 0) is 10.8 Å². The molecule has 0 aliphatic carbocycles. The van der Waals surface area contributed by atoms with Gasteiger partial charge in [0.05, 0.1) is 0 Å². The van der Waals surface area contributed by atoms with E-state index < -0.39 is 0 Å². The van der Waals surface area contributed by atoms with Crippen LogP contribution < -0.4 is 20.7 Å². The lowest BCUT2D eigenvalue weighted by Crippen LogP contribution is -2.56. The highest BCUT2D eigenvalue weighted by atomic mass is 15.2. The Kier molecular flexibility index (Phi) is 9.04. The van der Waals surface area contributed by atoms with Crippen molar-refractivity contribution in [3.05, 3.63) is 216 Å². The summed E-state index contributed by atoms with van der Waals surface area (Å²) < 4.78 is 2.76. The summed E-state index contributed by atoms with van der Waals surface area (Å²) in [7, 11) is 0. The molecule has 0 unspecified atom stereocenters. The predicted molar refractivity (Wildman–Crippen MR) is 312 cm³/mol. The Balaban J connectivity index is 1.22. The van der Waals surface area contributed by atoms with E-state index in [0.717, 1.165) is 17.1 Å². The standard InChI is InChI=1S/C68H56BN3/c1-41-51-27-19-20-28-52(51)42(2)56-40-61-59(39-55(41)56)69-65-57(58-33-44-22-16-18-30-54(44)64-63-53-29-17-15-21-43(53)31-32-60(63)72(69)66(58)64)37-50(70(47-23-11-9-12-24-47)48-25-13-10-14-26-48)38-62(65)71(61)49-35-45(67(3,4)5)34-46(36-49)68(6,7)8/h9-40H,1-8H3. The molecule has 0 spiro atoms. The quantitative estimate of drug-likeness (QED) is 0.129. The molecule has 0 radical (unpaired) electrons. The smallest absolute Gasteiger partial charge is 0.333 e. The van der Waals surface area contributed by atoms with Gasteiger partial charge in [-0.2, -0.15) is 0 Å². The fourth-order valence-corrected chi connectivity index (χ4v) is 12.7. The van der Waals surface area contributed by atoms with E-state index in [-0.39, 0.29) is 17.7 Å². The highest BCUT2D eigenvalue weighted by molar-refractivity contribution is 6.90. The summed E-state index contributed by atoms with van der Waals surface area (Å²) in [6, 6.07) is 73.9. The average molecular weight is 926 g/mol. The van der Waals surface area contributed by atoms with Crippen molar-refractivity contribution in [3.63, 3.8) is 0 Å². The van der Waals surface area contributed by atoms with Crippen molar-refractivity contribution in [2.24, 2.45) is 0 Å². The molecular weight excluding hydrogens is 870 g/mol. The average Bonchev–Trinajstić information content (AvgIpc) is 3.75. The highest BCUT2D eigenvalue weighted by Crippen LogP contribution is 2.52. The van der Waals surface area contributed by atoms with Gasteiger partial charge >= 0.3 is 6.85 Å². The normalized spacial score (nSPS) is 13.2. The molecule has 14 rings (SSSR count). The molecule has 1 aromatic heterocycles. The molecule has 0 amide bonds. The maximum absolute atomic E-state index is 2.76. The van der Waals surface area contributed by atoms with Crippen molar-refractivity contribution in [1.29, 1.82) is 0 Å². The first kappa shape index (κ1) is 42.8. The van der Waals surface area contributed by atoms with E-state index in [1.807, 2.05) is 0 Å². The summed E-state index contributed by atoms with van der Waals surface area (Å²) in [5.41, 5.74) is 19.8. The maximum atomic E-state index is 2.76. The van der Waals surface area contributed by atoms with Gasteiger partial charge in [0.1, 0.15) is 0 Å². The molecule has 3 nitrogen and oxygen atoms in total. The lowest BCUT2D eigenvalue weighted by Gasteiger charge is -2.42. The lowest BCUT2D eigenvalue weighted by molar-refractivity contribution is 0.569. The van der Waals surface area contributed by atoms with Gasteiger partial charge in [0.25, 0.3) is 0 Å². The lowest BCUT2D eigenvalue weighted by atomic mass is 9.45. The van der Waals surface area contributed by atoms with Crippen LogP contribution in [0, 0.1) is 13.8 Å². The second kappa shape index (κ2) is 15.2. The third-order valence-corrected chi connectivity index (χ3v) is 16.3. The zero-order valence-corrected chi connectivity index (χ0v) is 42.4. The van der Waals surface area contributed by atoms with Crippen LogP contribution in [0.1, 0.15) is 63.8 Å². The molecule has 11 aromatic carbocycles. The molecule has 12 aromatic rings. The van der Waals surface area contributed by atoms with E-state index in [0.29, 0.717) is 0 Å². The summed E-state index contributed by atoms with van der Waals surface area (Å²) in [4.78, 5) is 5.13. The molecular formula is C68H56BN3. The van der Waals surface area contributed by atoms with Crippen molar-refractivity contribution in [3.8, 4) is 11.1 Å². The van der Waals surface area contributed by atoms with Crippen molar-refractivity contribution >= 4 is 117 Å². The second-order valence-electron chi connectivity index (χ2n) is 22.6. The summed E-state index contributed by atoms with van der Waals surface area (Å²) in [6.07, 6.45) is 0.